The first-order chi connectivity index (χ1) is 10.0. The molecule has 9 heteroatoms. The van der Waals surface area contributed by atoms with Crippen LogP contribution in [0.2, 0.25) is 0 Å². The summed E-state index contributed by atoms with van der Waals surface area (Å²) < 4.78 is 4.75. The largest absolute Gasteiger partial charge is 0.475 e. The Balaban J connectivity index is 2.57. The summed E-state index contributed by atoms with van der Waals surface area (Å²) in [4.78, 5) is 24.4. The van der Waals surface area contributed by atoms with Crippen molar-refractivity contribution in [2.75, 3.05) is 33.3 Å². The third kappa shape index (κ3) is 4.42. The smallest absolute Gasteiger partial charge is 0.362 e. The van der Waals surface area contributed by atoms with Crippen molar-refractivity contribution in [2.24, 2.45) is 0 Å². The summed E-state index contributed by atoms with van der Waals surface area (Å²) >= 11 is 0. The number of nitrogens with one attached hydrogen (secondary N) is 2. The maximum atomic E-state index is 11.9. The van der Waals surface area contributed by atoms with Crippen molar-refractivity contribution in [1.29, 1.82) is 0 Å². The summed E-state index contributed by atoms with van der Waals surface area (Å²) in [6.07, 6.45) is 0.770. The van der Waals surface area contributed by atoms with Gasteiger partial charge in [-0.15, -0.1) is 5.10 Å². The number of hydrogen-bond donors (Lipinski definition) is 2. The van der Waals surface area contributed by atoms with Gasteiger partial charge in [0.1, 0.15) is 0 Å². The van der Waals surface area contributed by atoms with Crippen molar-refractivity contribution in [1.82, 2.24) is 20.4 Å². The van der Waals surface area contributed by atoms with Gasteiger partial charge in [0.05, 0.1) is 12.0 Å². The predicted molar refractivity (Wildman–Crippen MR) is 76.5 cm³/mol. The molecule has 0 aromatic carbocycles. The Morgan fingerprint density at radius 2 is 2.14 bits per heavy atom. The fraction of sp³-hybridized carbons (Fsp3) is 0.667. The lowest BCUT2D eigenvalue weighted by molar-refractivity contribution is -0.386. The van der Waals surface area contributed by atoms with Gasteiger partial charge in [0.2, 0.25) is 5.69 Å². The van der Waals surface area contributed by atoms with E-state index in [0.717, 1.165) is 26.1 Å². The monoisotopic (exact) mass is 299 g/mol. The lowest BCUT2D eigenvalue weighted by Crippen LogP contribution is -2.30. The molecule has 1 rings (SSSR count). The second kappa shape index (κ2) is 8.20. The number of H-pyrrole nitrogens is 1. The van der Waals surface area contributed by atoms with Gasteiger partial charge in [-0.3, -0.25) is 20.0 Å². The molecule has 9 nitrogen and oxygen atoms in total. The van der Waals surface area contributed by atoms with Gasteiger partial charge >= 0.3 is 11.6 Å². The van der Waals surface area contributed by atoms with Crippen molar-refractivity contribution < 1.29 is 14.5 Å². The average Bonchev–Trinajstić information content (AvgIpc) is 2.91. The van der Waals surface area contributed by atoms with Crippen LogP contribution in [0, 0.1) is 10.1 Å². The van der Waals surface area contributed by atoms with Gasteiger partial charge in [-0.05, 0) is 26.1 Å². The molecule has 0 atom stereocenters. The molecule has 21 heavy (non-hydrogen) atoms. The van der Waals surface area contributed by atoms with Gasteiger partial charge in [0, 0.05) is 6.54 Å². The van der Waals surface area contributed by atoms with Gasteiger partial charge in [0.15, 0.2) is 0 Å². The highest BCUT2D eigenvalue weighted by Crippen LogP contribution is 2.27. The molecule has 1 aromatic rings. The van der Waals surface area contributed by atoms with E-state index in [1.54, 1.807) is 0 Å². The van der Waals surface area contributed by atoms with Crippen molar-refractivity contribution in [3.8, 4) is 5.88 Å². The van der Waals surface area contributed by atoms with Crippen LogP contribution in [0.5, 0.6) is 5.88 Å². The van der Waals surface area contributed by atoms with Gasteiger partial charge < -0.3 is 15.0 Å². The number of nitro groups is 1. The minimum atomic E-state index is -0.687. The molecule has 0 saturated carbocycles. The molecule has 1 heterocycles. The fourth-order valence-corrected chi connectivity index (χ4v) is 1.92. The van der Waals surface area contributed by atoms with Crippen LogP contribution >= 0.6 is 0 Å². The first kappa shape index (κ1) is 16.9. The second-order valence-corrected chi connectivity index (χ2v) is 4.35. The summed E-state index contributed by atoms with van der Waals surface area (Å²) in [5.74, 6) is -0.759. The lowest BCUT2D eigenvalue weighted by Gasteiger charge is -2.17. The summed E-state index contributed by atoms with van der Waals surface area (Å²) in [5, 5.41) is 19.5. The molecule has 2 N–H and O–H groups in total. The molecule has 0 aliphatic carbocycles. The molecule has 1 amide bonds. The van der Waals surface area contributed by atoms with E-state index in [1.165, 1.54) is 7.11 Å². The molecule has 0 spiro atoms. The number of hydrogen-bond acceptors (Lipinski definition) is 6. The van der Waals surface area contributed by atoms with E-state index in [4.69, 9.17) is 4.74 Å². The number of carbonyl (C=O) groups excluding carboxylic acids is 1. The molecular formula is C12H21N5O4. The minimum Gasteiger partial charge on any atom is -0.475 e. The van der Waals surface area contributed by atoms with Crippen LogP contribution in [0.4, 0.5) is 5.69 Å². The quantitative estimate of drug-likeness (QED) is 0.396. The zero-order chi connectivity index (χ0) is 15.8. The molecule has 118 valence electrons. The van der Waals surface area contributed by atoms with Gasteiger partial charge in [-0.2, -0.15) is 0 Å². The Bertz CT molecular complexity index is 484. The summed E-state index contributed by atoms with van der Waals surface area (Å²) in [6, 6.07) is 0. The highest BCUT2D eigenvalue weighted by atomic mass is 16.6. The standard InChI is InChI=1S/C12H21N5O4/c1-4-16(5-2)8-6-7-13-11(18)9-10(17(19)20)12(21-3)15-14-9/h4-8H2,1-3H3,(H,13,18)(H,14,15). The Hall–Kier alpha value is -2.16. The van der Waals surface area contributed by atoms with E-state index in [1.807, 2.05) is 0 Å². The summed E-state index contributed by atoms with van der Waals surface area (Å²) in [6.45, 7) is 7.35. The fourth-order valence-electron chi connectivity index (χ4n) is 1.92. The van der Waals surface area contributed by atoms with Crippen molar-refractivity contribution in [3.63, 3.8) is 0 Å². The van der Waals surface area contributed by atoms with Gasteiger partial charge in [-0.25, -0.2) is 0 Å². The van der Waals surface area contributed by atoms with Crippen LogP contribution in [0.25, 0.3) is 0 Å². The molecular weight excluding hydrogens is 278 g/mol. The van der Waals surface area contributed by atoms with E-state index >= 15 is 0 Å². The molecule has 0 bridgehead atoms. The normalized spacial score (nSPS) is 10.7. The third-order valence-corrected chi connectivity index (χ3v) is 3.14. The summed E-state index contributed by atoms with van der Waals surface area (Å²) in [7, 11) is 1.26. The number of aromatic nitrogens is 2. The van der Waals surface area contributed by atoms with Crippen LogP contribution in [-0.2, 0) is 0 Å². The highest BCUT2D eigenvalue weighted by Gasteiger charge is 2.29. The number of carbonyl (C=O) groups is 1. The molecule has 1 aromatic heterocycles. The number of rotatable bonds is 9. The lowest BCUT2D eigenvalue weighted by atomic mass is 10.3. The molecule has 0 unspecified atom stereocenters. The Labute approximate surface area is 122 Å². The Morgan fingerprint density at radius 3 is 2.67 bits per heavy atom. The van der Waals surface area contributed by atoms with Crippen LogP contribution in [-0.4, -0.2) is 59.2 Å². The topological polar surface area (TPSA) is 113 Å². The number of amides is 1. The number of ether oxygens (including phenoxy) is 1. The van der Waals surface area contributed by atoms with Crippen molar-refractivity contribution >= 4 is 11.6 Å². The second-order valence-electron chi connectivity index (χ2n) is 4.35. The first-order valence-corrected chi connectivity index (χ1v) is 6.82. The molecule has 0 fully saturated rings. The van der Waals surface area contributed by atoms with Crippen molar-refractivity contribution in [3.05, 3.63) is 15.8 Å². The number of methoxy groups -OCH3 is 1. The zero-order valence-corrected chi connectivity index (χ0v) is 12.5. The Kier molecular flexibility index (Phi) is 6.60. The van der Waals surface area contributed by atoms with Crippen LogP contribution in [0.3, 0.4) is 0 Å². The predicted octanol–water partition coefficient (Wildman–Crippen LogP) is 0.788. The maximum Gasteiger partial charge on any atom is 0.362 e. The van der Waals surface area contributed by atoms with E-state index in [0.29, 0.717) is 6.54 Å². The third-order valence-electron chi connectivity index (χ3n) is 3.14. The van der Waals surface area contributed by atoms with Crippen LogP contribution < -0.4 is 10.1 Å². The van der Waals surface area contributed by atoms with Crippen LogP contribution in [0.15, 0.2) is 0 Å². The maximum absolute atomic E-state index is 11.9. The van der Waals surface area contributed by atoms with E-state index in [-0.39, 0.29) is 11.6 Å². The van der Waals surface area contributed by atoms with E-state index in [9.17, 15) is 14.9 Å². The first-order valence-electron chi connectivity index (χ1n) is 6.82. The van der Waals surface area contributed by atoms with Gasteiger partial charge in [0.25, 0.3) is 5.91 Å². The van der Waals surface area contributed by atoms with Crippen LogP contribution in [0.1, 0.15) is 30.8 Å². The SMILES string of the molecule is CCN(CC)CCCNC(=O)c1[nH]nc(OC)c1[N+](=O)[O-]. The average molecular weight is 299 g/mol. The number of aromatic amines is 1. The van der Waals surface area contributed by atoms with E-state index in [2.05, 4.69) is 34.3 Å². The molecule has 0 aliphatic heterocycles. The molecule has 0 aliphatic rings. The van der Waals surface area contributed by atoms with Crippen molar-refractivity contribution in [2.45, 2.75) is 20.3 Å². The zero-order valence-electron chi connectivity index (χ0n) is 12.5. The number of nitrogens with zero attached hydrogens (tertiary/aromatic N) is 3. The molecule has 0 radical (unpaired) electrons. The summed E-state index contributed by atoms with van der Waals surface area (Å²) in [5.41, 5.74) is -0.640. The van der Waals surface area contributed by atoms with Gasteiger partial charge in [-0.1, -0.05) is 13.8 Å². The minimum absolute atomic E-state index is 0.195. The molecule has 0 saturated heterocycles. The Morgan fingerprint density at radius 1 is 1.48 bits per heavy atom. The highest BCUT2D eigenvalue weighted by molar-refractivity contribution is 5.97. The van der Waals surface area contributed by atoms with E-state index < -0.39 is 16.5 Å².